The molecule has 2 aromatic rings. The molecule has 0 radical (unpaired) electrons. The molecule has 0 bridgehead atoms. The van der Waals surface area contributed by atoms with E-state index in [0.717, 1.165) is 5.69 Å². The van der Waals surface area contributed by atoms with Gasteiger partial charge in [0.05, 0.1) is 0 Å². The first-order valence-corrected chi connectivity index (χ1v) is 6.07. The summed E-state index contributed by atoms with van der Waals surface area (Å²) in [7, 11) is 0. The minimum absolute atomic E-state index is 0.406. The quantitative estimate of drug-likeness (QED) is 0.748. The number of hydrogen-bond donors (Lipinski definition) is 0. The third kappa shape index (κ3) is 2.55. The Kier molecular flexibility index (Phi) is 3.28. The summed E-state index contributed by atoms with van der Waals surface area (Å²) in [4.78, 5) is 4.38. The summed E-state index contributed by atoms with van der Waals surface area (Å²) in [5, 5.41) is 0. The molecule has 0 fully saturated rings. The average molecular weight is 225 g/mol. The van der Waals surface area contributed by atoms with E-state index in [1.807, 2.05) is 13.1 Å². The number of nitrogens with zero attached hydrogens (tertiary/aromatic N) is 1. The highest BCUT2D eigenvalue weighted by atomic mass is 14.7. The lowest BCUT2D eigenvalue weighted by atomic mass is 9.90. The minimum Gasteiger partial charge on any atom is -0.261 e. The van der Waals surface area contributed by atoms with Crippen LogP contribution < -0.4 is 0 Å². The highest BCUT2D eigenvalue weighted by molar-refractivity contribution is 5.38. The average Bonchev–Trinajstić information content (AvgIpc) is 2.32. The molecule has 0 aliphatic rings. The summed E-state index contributed by atoms with van der Waals surface area (Å²) in [6.45, 7) is 8.58. The first-order chi connectivity index (χ1) is 8.08. The van der Waals surface area contributed by atoms with Gasteiger partial charge in [-0.1, -0.05) is 36.8 Å². The second-order valence-electron chi connectivity index (χ2n) is 4.81. The van der Waals surface area contributed by atoms with Crippen LogP contribution >= 0.6 is 0 Å². The van der Waals surface area contributed by atoms with Crippen molar-refractivity contribution in [3.63, 3.8) is 0 Å². The van der Waals surface area contributed by atoms with E-state index in [-0.39, 0.29) is 0 Å². The zero-order valence-electron chi connectivity index (χ0n) is 11.0. The number of pyridine rings is 1. The van der Waals surface area contributed by atoms with Gasteiger partial charge in [0.15, 0.2) is 0 Å². The molecular weight excluding hydrogens is 206 g/mol. The van der Waals surface area contributed by atoms with Gasteiger partial charge in [0, 0.05) is 17.8 Å². The molecule has 0 saturated carbocycles. The number of aromatic nitrogens is 1. The Bertz CT molecular complexity index is 512. The van der Waals surface area contributed by atoms with Crippen LogP contribution in [-0.2, 0) is 0 Å². The maximum atomic E-state index is 4.38. The molecule has 0 aliphatic carbocycles. The van der Waals surface area contributed by atoms with Gasteiger partial charge in [0.25, 0.3) is 0 Å². The van der Waals surface area contributed by atoms with Crippen LogP contribution in [0.4, 0.5) is 0 Å². The van der Waals surface area contributed by atoms with Crippen LogP contribution in [0.15, 0.2) is 36.5 Å². The lowest BCUT2D eigenvalue weighted by molar-refractivity contribution is 0.894. The van der Waals surface area contributed by atoms with Gasteiger partial charge < -0.3 is 0 Å². The van der Waals surface area contributed by atoms with Crippen molar-refractivity contribution in [2.45, 2.75) is 33.6 Å². The lowest BCUT2D eigenvalue weighted by Gasteiger charge is -2.15. The summed E-state index contributed by atoms with van der Waals surface area (Å²) >= 11 is 0. The predicted octanol–water partition coefficient (Wildman–Crippen LogP) is 4.16. The second kappa shape index (κ2) is 4.70. The Morgan fingerprint density at radius 1 is 1.00 bits per heavy atom. The second-order valence-corrected chi connectivity index (χ2v) is 4.81. The molecule has 1 aromatic heterocycles. The Morgan fingerprint density at radius 2 is 1.76 bits per heavy atom. The molecule has 2 rings (SSSR count). The van der Waals surface area contributed by atoms with Gasteiger partial charge in [-0.2, -0.15) is 0 Å². The van der Waals surface area contributed by atoms with Gasteiger partial charge in [-0.3, -0.25) is 4.98 Å². The zero-order chi connectivity index (χ0) is 12.4. The summed E-state index contributed by atoms with van der Waals surface area (Å²) in [6, 6.07) is 10.9. The molecule has 0 amide bonds. The first-order valence-electron chi connectivity index (χ1n) is 6.07. The van der Waals surface area contributed by atoms with Crippen molar-refractivity contribution < 1.29 is 0 Å². The van der Waals surface area contributed by atoms with E-state index in [9.17, 15) is 0 Å². The van der Waals surface area contributed by atoms with Crippen LogP contribution in [0, 0.1) is 20.8 Å². The van der Waals surface area contributed by atoms with Crippen molar-refractivity contribution in [3.8, 4) is 0 Å². The molecule has 17 heavy (non-hydrogen) atoms. The molecule has 1 nitrogen and oxygen atoms in total. The minimum atomic E-state index is 0.406. The highest BCUT2D eigenvalue weighted by Gasteiger charge is 2.11. The normalized spacial score (nSPS) is 12.5. The maximum absolute atomic E-state index is 4.38. The van der Waals surface area contributed by atoms with Gasteiger partial charge in [-0.05, 0) is 43.5 Å². The van der Waals surface area contributed by atoms with Crippen molar-refractivity contribution in [1.29, 1.82) is 0 Å². The van der Waals surface area contributed by atoms with Crippen LogP contribution in [0.5, 0.6) is 0 Å². The smallest absolute Gasteiger partial charge is 0.0372 e. The fraction of sp³-hybridized carbons (Fsp3) is 0.312. The molecule has 0 N–H and O–H groups in total. The number of benzene rings is 1. The van der Waals surface area contributed by atoms with Crippen LogP contribution in [0.25, 0.3) is 0 Å². The van der Waals surface area contributed by atoms with Gasteiger partial charge in [-0.25, -0.2) is 0 Å². The molecule has 0 unspecified atom stereocenters. The molecule has 0 saturated heterocycles. The molecule has 1 aromatic carbocycles. The standard InChI is InChI=1S/C16H19N/c1-11-5-6-12(2)16(9-11)14(4)15-8-7-13(3)17-10-15/h5-10,14H,1-4H3/t14-/m1/s1. The van der Waals surface area contributed by atoms with E-state index in [1.165, 1.54) is 22.3 Å². The number of rotatable bonds is 2. The molecule has 1 heteroatoms. The van der Waals surface area contributed by atoms with E-state index in [1.54, 1.807) is 0 Å². The van der Waals surface area contributed by atoms with Gasteiger partial charge in [0.2, 0.25) is 0 Å². The third-order valence-electron chi connectivity index (χ3n) is 3.34. The van der Waals surface area contributed by atoms with Crippen molar-refractivity contribution in [1.82, 2.24) is 4.98 Å². The Hall–Kier alpha value is -1.63. The lowest BCUT2D eigenvalue weighted by Crippen LogP contribution is -2.00. The Morgan fingerprint density at radius 3 is 2.41 bits per heavy atom. The fourth-order valence-electron chi connectivity index (χ4n) is 2.14. The Labute approximate surface area is 104 Å². The SMILES string of the molecule is Cc1ccc(C)c([C@H](C)c2ccc(C)nc2)c1. The zero-order valence-corrected chi connectivity index (χ0v) is 11.0. The van der Waals surface area contributed by atoms with Crippen LogP contribution in [0.2, 0.25) is 0 Å². The van der Waals surface area contributed by atoms with E-state index < -0.39 is 0 Å². The first kappa shape index (κ1) is 11.8. The summed E-state index contributed by atoms with van der Waals surface area (Å²) in [6.07, 6.45) is 1.99. The summed E-state index contributed by atoms with van der Waals surface area (Å²) < 4.78 is 0. The number of hydrogen-bond acceptors (Lipinski definition) is 1. The van der Waals surface area contributed by atoms with E-state index in [4.69, 9.17) is 0 Å². The van der Waals surface area contributed by atoms with Crippen molar-refractivity contribution in [2.75, 3.05) is 0 Å². The van der Waals surface area contributed by atoms with Crippen molar-refractivity contribution in [2.24, 2.45) is 0 Å². The molecule has 1 heterocycles. The van der Waals surface area contributed by atoms with Crippen molar-refractivity contribution >= 4 is 0 Å². The fourth-order valence-corrected chi connectivity index (χ4v) is 2.14. The van der Waals surface area contributed by atoms with Crippen LogP contribution in [-0.4, -0.2) is 4.98 Å². The molecule has 1 atom stereocenters. The Balaban J connectivity index is 2.39. The van der Waals surface area contributed by atoms with Gasteiger partial charge in [-0.15, -0.1) is 0 Å². The molecule has 0 aliphatic heterocycles. The van der Waals surface area contributed by atoms with Gasteiger partial charge in [0.1, 0.15) is 0 Å². The van der Waals surface area contributed by atoms with E-state index in [2.05, 4.69) is 56.1 Å². The largest absolute Gasteiger partial charge is 0.261 e. The highest BCUT2D eigenvalue weighted by Crippen LogP contribution is 2.27. The predicted molar refractivity (Wildman–Crippen MR) is 72.4 cm³/mol. The van der Waals surface area contributed by atoms with Crippen LogP contribution in [0.1, 0.15) is 40.8 Å². The van der Waals surface area contributed by atoms with E-state index in [0.29, 0.717) is 5.92 Å². The van der Waals surface area contributed by atoms with Crippen LogP contribution in [0.3, 0.4) is 0 Å². The monoisotopic (exact) mass is 225 g/mol. The summed E-state index contributed by atoms with van der Waals surface area (Å²) in [5.74, 6) is 0.406. The third-order valence-corrected chi connectivity index (χ3v) is 3.34. The molecular formula is C16H19N. The van der Waals surface area contributed by atoms with Gasteiger partial charge >= 0.3 is 0 Å². The summed E-state index contributed by atoms with van der Waals surface area (Å²) in [5.41, 5.74) is 6.42. The maximum Gasteiger partial charge on any atom is 0.0372 e. The topological polar surface area (TPSA) is 12.9 Å². The number of aryl methyl sites for hydroxylation is 3. The van der Waals surface area contributed by atoms with Crippen molar-refractivity contribution in [3.05, 3.63) is 64.5 Å². The van der Waals surface area contributed by atoms with E-state index >= 15 is 0 Å². The molecule has 0 spiro atoms. The molecule has 88 valence electrons.